The number of para-hydroxylation sites is 1. The third-order valence-electron chi connectivity index (χ3n) is 4.17. The number of halogens is 1. The van der Waals surface area contributed by atoms with Crippen LogP contribution in [0.2, 0.25) is 5.02 Å². The van der Waals surface area contributed by atoms with Gasteiger partial charge >= 0.3 is 0 Å². The van der Waals surface area contributed by atoms with Crippen molar-refractivity contribution in [1.29, 1.82) is 0 Å². The molecular weight excluding hydrogens is 456 g/mol. The van der Waals surface area contributed by atoms with Crippen molar-refractivity contribution in [3.63, 3.8) is 0 Å². The Hall–Kier alpha value is -2.52. The van der Waals surface area contributed by atoms with E-state index in [-0.39, 0.29) is 28.2 Å². The molecule has 0 aliphatic carbocycles. The predicted molar refractivity (Wildman–Crippen MR) is 123 cm³/mol. The van der Waals surface area contributed by atoms with Gasteiger partial charge in [0.25, 0.3) is 5.91 Å². The number of rotatable bonds is 8. The summed E-state index contributed by atoms with van der Waals surface area (Å²) in [6, 6.07) is 21.5. The van der Waals surface area contributed by atoms with E-state index in [0.717, 1.165) is 14.1 Å². The molecule has 6 nitrogen and oxygen atoms in total. The summed E-state index contributed by atoms with van der Waals surface area (Å²) in [5.74, 6) is -0.136. The zero-order valence-electron chi connectivity index (χ0n) is 16.9. The normalized spacial score (nSPS) is 11.4. The number of amides is 1. The van der Waals surface area contributed by atoms with Crippen LogP contribution in [0.25, 0.3) is 0 Å². The van der Waals surface area contributed by atoms with Gasteiger partial charge in [0.15, 0.2) is 6.61 Å². The summed E-state index contributed by atoms with van der Waals surface area (Å²) in [5.41, 5.74) is 0.670. The van der Waals surface area contributed by atoms with Gasteiger partial charge < -0.3 is 10.1 Å². The molecule has 3 aromatic rings. The molecule has 1 amide bonds. The van der Waals surface area contributed by atoms with Crippen molar-refractivity contribution in [2.45, 2.75) is 14.7 Å². The maximum atomic E-state index is 12.4. The lowest BCUT2D eigenvalue weighted by Crippen LogP contribution is -2.22. The lowest BCUT2D eigenvalue weighted by atomic mass is 10.3. The zero-order valence-corrected chi connectivity index (χ0v) is 19.3. The van der Waals surface area contributed by atoms with Gasteiger partial charge in [-0.05, 0) is 42.5 Å². The molecule has 0 saturated heterocycles. The minimum Gasteiger partial charge on any atom is -0.482 e. The Morgan fingerprint density at radius 2 is 1.71 bits per heavy atom. The highest BCUT2D eigenvalue weighted by Gasteiger charge is 2.19. The minimum atomic E-state index is -3.61. The summed E-state index contributed by atoms with van der Waals surface area (Å²) in [6.07, 6.45) is 0. The number of ether oxygens (including phenoxy) is 1. The van der Waals surface area contributed by atoms with Crippen LogP contribution in [-0.4, -0.2) is 39.3 Å². The molecule has 1 N–H and O–H groups in total. The minimum absolute atomic E-state index is 0.0474. The summed E-state index contributed by atoms with van der Waals surface area (Å²) in [5, 5.41) is 2.95. The summed E-state index contributed by atoms with van der Waals surface area (Å²) in [7, 11) is -0.734. The van der Waals surface area contributed by atoms with Crippen molar-refractivity contribution in [2.24, 2.45) is 0 Å². The van der Waals surface area contributed by atoms with E-state index < -0.39 is 10.0 Å². The third-order valence-corrected chi connectivity index (χ3v) is 7.36. The first kappa shape index (κ1) is 23.1. The molecule has 0 fully saturated rings. The van der Waals surface area contributed by atoms with Gasteiger partial charge in [-0.15, -0.1) is 0 Å². The second kappa shape index (κ2) is 10.2. The highest BCUT2D eigenvalue weighted by molar-refractivity contribution is 7.99. The van der Waals surface area contributed by atoms with E-state index in [1.807, 2.05) is 54.6 Å². The molecule has 3 rings (SSSR count). The number of hydrogen-bond donors (Lipinski definition) is 1. The van der Waals surface area contributed by atoms with Crippen molar-refractivity contribution in [3.8, 4) is 5.75 Å². The monoisotopic (exact) mass is 476 g/mol. The Bertz CT molecular complexity index is 1170. The number of nitrogens with zero attached hydrogens (tertiary/aromatic N) is 1. The molecule has 0 radical (unpaired) electrons. The van der Waals surface area contributed by atoms with Gasteiger partial charge in [0, 0.05) is 23.9 Å². The molecule has 3 aromatic carbocycles. The molecule has 0 aromatic heterocycles. The summed E-state index contributed by atoms with van der Waals surface area (Å²) in [4.78, 5) is 14.4. The summed E-state index contributed by atoms with van der Waals surface area (Å²) >= 11 is 7.70. The van der Waals surface area contributed by atoms with E-state index in [1.165, 1.54) is 32.3 Å². The Morgan fingerprint density at radius 1 is 1.03 bits per heavy atom. The Balaban J connectivity index is 1.65. The van der Waals surface area contributed by atoms with Gasteiger partial charge in [-0.2, -0.15) is 0 Å². The largest absolute Gasteiger partial charge is 0.482 e. The molecule has 0 spiro atoms. The van der Waals surface area contributed by atoms with E-state index in [1.54, 1.807) is 11.8 Å². The average Bonchev–Trinajstić information content (AvgIpc) is 2.75. The fourth-order valence-corrected chi connectivity index (χ4v) is 4.72. The molecule has 0 aliphatic heterocycles. The molecule has 162 valence electrons. The van der Waals surface area contributed by atoms with Gasteiger partial charge in [0.05, 0.1) is 15.6 Å². The van der Waals surface area contributed by atoms with Crippen LogP contribution in [-0.2, 0) is 14.8 Å². The lowest BCUT2D eigenvalue weighted by molar-refractivity contribution is -0.118. The van der Waals surface area contributed by atoms with Crippen molar-refractivity contribution in [2.75, 3.05) is 26.0 Å². The molecule has 0 heterocycles. The topological polar surface area (TPSA) is 75.7 Å². The summed E-state index contributed by atoms with van der Waals surface area (Å²) < 4.78 is 31.0. The number of benzene rings is 3. The molecule has 0 saturated carbocycles. The standard InChI is InChI=1S/C22H21ClN2O4S2/c1-25(2)31(27,28)17-12-13-20(18(23)14-17)29-15-22(26)24-19-10-6-7-11-21(19)30-16-8-4-3-5-9-16/h3-14H,15H2,1-2H3,(H,24,26). The van der Waals surface area contributed by atoms with E-state index in [4.69, 9.17) is 16.3 Å². The van der Waals surface area contributed by atoms with Crippen LogP contribution in [0.5, 0.6) is 5.75 Å². The maximum absolute atomic E-state index is 12.4. The van der Waals surface area contributed by atoms with Crippen molar-refractivity contribution in [1.82, 2.24) is 4.31 Å². The van der Waals surface area contributed by atoms with Gasteiger partial charge in [-0.1, -0.05) is 53.7 Å². The van der Waals surface area contributed by atoms with Crippen LogP contribution in [0.15, 0.2) is 87.5 Å². The van der Waals surface area contributed by atoms with E-state index >= 15 is 0 Å². The second-order valence-corrected chi connectivity index (χ2v) is 10.3. The Morgan fingerprint density at radius 3 is 2.39 bits per heavy atom. The number of hydrogen-bond acceptors (Lipinski definition) is 5. The maximum Gasteiger partial charge on any atom is 0.262 e. The Labute approximate surface area is 191 Å². The molecule has 0 atom stereocenters. The second-order valence-electron chi connectivity index (χ2n) is 6.63. The summed E-state index contributed by atoms with van der Waals surface area (Å²) in [6.45, 7) is -0.274. The first-order valence-corrected chi connectivity index (χ1v) is 11.9. The first-order valence-electron chi connectivity index (χ1n) is 9.24. The van der Waals surface area contributed by atoms with Crippen molar-refractivity contribution >= 4 is 45.0 Å². The third kappa shape index (κ3) is 6.01. The van der Waals surface area contributed by atoms with Crippen LogP contribution in [0.4, 0.5) is 5.69 Å². The number of nitrogens with one attached hydrogen (secondary N) is 1. The molecule has 9 heteroatoms. The quantitative estimate of drug-likeness (QED) is 0.507. The number of carbonyl (C=O) groups is 1. The average molecular weight is 477 g/mol. The zero-order chi connectivity index (χ0) is 22.4. The van der Waals surface area contributed by atoms with Crippen LogP contribution in [0, 0.1) is 0 Å². The van der Waals surface area contributed by atoms with Gasteiger partial charge in [-0.3, -0.25) is 4.79 Å². The number of carbonyl (C=O) groups excluding carboxylic acids is 1. The number of sulfonamides is 1. The molecular formula is C22H21ClN2O4S2. The first-order chi connectivity index (χ1) is 14.8. The van der Waals surface area contributed by atoms with Gasteiger partial charge in [-0.25, -0.2) is 12.7 Å². The van der Waals surface area contributed by atoms with E-state index in [0.29, 0.717) is 5.69 Å². The lowest BCUT2D eigenvalue weighted by Gasteiger charge is -2.14. The Kier molecular flexibility index (Phi) is 7.61. The van der Waals surface area contributed by atoms with Crippen molar-refractivity contribution < 1.29 is 17.9 Å². The molecule has 0 bridgehead atoms. The molecule has 0 unspecified atom stereocenters. The van der Waals surface area contributed by atoms with Crippen LogP contribution in [0.3, 0.4) is 0 Å². The van der Waals surface area contributed by atoms with E-state index in [9.17, 15) is 13.2 Å². The van der Waals surface area contributed by atoms with Gasteiger partial charge in [0.1, 0.15) is 5.75 Å². The fraction of sp³-hybridized carbons (Fsp3) is 0.136. The number of anilines is 1. The van der Waals surface area contributed by atoms with E-state index in [2.05, 4.69) is 5.32 Å². The molecule has 0 aliphatic rings. The predicted octanol–water partition coefficient (Wildman–Crippen LogP) is 4.76. The van der Waals surface area contributed by atoms with Crippen LogP contribution < -0.4 is 10.1 Å². The SMILES string of the molecule is CN(C)S(=O)(=O)c1ccc(OCC(=O)Nc2ccccc2Sc2ccccc2)c(Cl)c1. The highest BCUT2D eigenvalue weighted by Crippen LogP contribution is 2.33. The van der Waals surface area contributed by atoms with Crippen LogP contribution in [0.1, 0.15) is 0 Å². The molecule has 31 heavy (non-hydrogen) atoms. The van der Waals surface area contributed by atoms with Gasteiger partial charge in [0.2, 0.25) is 10.0 Å². The highest BCUT2D eigenvalue weighted by atomic mass is 35.5. The fourth-order valence-electron chi connectivity index (χ4n) is 2.57. The smallest absolute Gasteiger partial charge is 0.262 e. The van der Waals surface area contributed by atoms with Crippen molar-refractivity contribution in [3.05, 3.63) is 77.8 Å². The van der Waals surface area contributed by atoms with Crippen LogP contribution >= 0.6 is 23.4 Å².